The van der Waals surface area contributed by atoms with Crippen LogP contribution in [0, 0.1) is 12.7 Å². The average molecular weight is 284 g/mol. The number of rotatable bonds is 2. The molecule has 1 unspecified atom stereocenters. The number of nitrogens with two attached hydrogens (primary N) is 1. The maximum Gasteiger partial charge on any atom is 0.126 e. The van der Waals surface area contributed by atoms with E-state index in [9.17, 15) is 4.39 Å². The molecule has 1 aliphatic heterocycles. The molecule has 0 radical (unpaired) electrons. The van der Waals surface area contributed by atoms with E-state index in [1.54, 1.807) is 13.0 Å². The fourth-order valence-electron chi connectivity index (χ4n) is 3.06. The Morgan fingerprint density at radius 1 is 1.19 bits per heavy atom. The van der Waals surface area contributed by atoms with Crippen molar-refractivity contribution in [1.29, 1.82) is 0 Å². The van der Waals surface area contributed by atoms with Crippen molar-refractivity contribution < 1.29 is 4.39 Å². The smallest absolute Gasteiger partial charge is 0.126 e. The van der Waals surface area contributed by atoms with Crippen LogP contribution >= 0.6 is 0 Å². The summed E-state index contributed by atoms with van der Waals surface area (Å²) in [5.41, 5.74) is 11.2. The van der Waals surface area contributed by atoms with E-state index in [1.165, 1.54) is 11.3 Å². The molecule has 0 amide bonds. The Kier molecular flexibility index (Phi) is 3.68. The van der Waals surface area contributed by atoms with Gasteiger partial charge in [0, 0.05) is 24.0 Å². The van der Waals surface area contributed by atoms with Gasteiger partial charge >= 0.3 is 0 Å². The highest BCUT2D eigenvalue weighted by Gasteiger charge is 2.22. The molecule has 0 aromatic heterocycles. The van der Waals surface area contributed by atoms with Gasteiger partial charge < -0.3 is 10.6 Å². The van der Waals surface area contributed by atoms with Gasteiger partial charge in [-0.2, -0.15) is 0 Å². The van der Waals surface area contributed by atoms with Gasteiger partial charge in [-0.25, -0.2) is 4.39 Å². The highest BCUT2D eigenvalue weighted by Crippen LogP contribution is 2.37. The first kappa shape index (κ1) is 14.1. The van der Waals surface area contributed by atoms with E-state index >= 15 is 0 Å². The Morgan fingerprint density at radius 3 is 2.71 bits per heavy atom. The molecular formula is C18H21FN2. The minimum absolute atomic E-state index is 0.184. The third-order valence-electron chi connectivity index (χ3n) is 4.20. The molecule has 0 bridgehead atoms. The number of halogens is 1. The molecule has 0 saturated carbocycles. The van der Waals surface area contributed by atoms with Gasteiger partial charge in [-0.15, -0.1) is 0 Å². The van der Waals surface area contributed by atoms with Gasteiger partial charge in [0.1, 0.15) is 5.82 Å². The summed E-state index contributed by atoms with van der Waals surface area (Å²) in [6, 6.07) is 11.8. The molecule has 0 saturated heterocycles. The Balaban J connectivity index is 2.15. The predicted molar refractivity (Wildman–Crippen MR) is 85.5 cm³/mol. The number of nitrogens with zero attached hydrogens (tertiary/aromatic N) is 1. The Morgan fingerprint density at radius 2 is 1.95 bits per heavy atom. The summed E-state index contributed by atoms with van der Waals surface area (Å²) >= 11 is 0. The molecule has 2 aromatic carbocycles. The second-order valence-electron chi connectivity index (χ2n) is 5.83. The van der Waals surface area contributed by atoms with Crippen LogP contribution < -0.4 is 10.6 Å². The van der Waals surface area contributed by atoms with Gasteiger partial charge in [-0.05, 0) is 61.6 Å². The number of hydrogen-bond acceptors (Lipinski definition) is 2. The largest absolute Gasteiger partial charge is 0.341 e. The molecule has 0 spiro atoms. The summed E-state index contributed by atoms with van der Waals surface area (Å²) in [5.74, 6) is -0.184. The monoisotopic (exact) mass is 284 g/mol. The maximum absolute atomic E-state index is 13.9. The maximum atomic E-state index is 13.9. The Bertz CT molecular complexity index is 664. The lowest BCUT2D eigenvalue weighted by atomic mass is 9.97. The topological polar surface area (TPSA) is 29.3 Å². The quantitative estimate of drug-likeness (QED) is 0.893. The summed E-state index contributed by atoms with van der Waals surface area (Å²) in [6.07, 6.45) is 2.20. The summed E-state index contributed by atoms with van der Waals surface area (Å²) < 4.78 is 13.9. The van der Waals surface area contributed by atoms with Crippen molar-refractivity contribution in [2.45, 2.75) is 32.7 Å². The minimum Gasteiger partial charge on any atom is -0.341 e. The molecule has 0 aliphatic carbocycles. The summed E-state index contributed by atoms with van der Waals surface area (Å²) in [6.45, 7) is 4.66. The number of benzene rings is 2. The van der Waals surface area contributed by atoms with Crippen LogP contribution in [0.2, 0.25) is 0 Å². The van der Waals surface area contributed by atoms with Crippen molar-refractivity contribution in [1.82, 2.24) is 0 Å². The Labute approximate surface area is 125 Å². The summed E-state index contributed by atoms with van der Waals surface area (Å²) in [7, 11) is 0. The molecule has 1 atom stereocenters. The number of hydrogen-bond donors (Lipinski definition) is 1. The highest BCUT2D eigenvalue weighted by molar-refractivity contribution is 5.71. The Hall–Kier alpha value is -1.87. The summed E-state index contributed by atoms with van der Waals surface area (Å²) in [4.78, 5) is 2.28. The first-order valence-corrected chi connectivity index (χ1v) is 7.49. The lowest BCUT2D eigenvalue weighted by Crippen LogP contribution is -2.26. The van der Waals surface area contributed by atoms with Crippen molar-refractivity contribution in [2.24, 2.45) is 5.73 Å². The van der Waals surface area contributed by atoms with Crippen LogP contribution in [0.3, 0.4) is 0 Å². The average Bonchev–Trinajstić information content (AvgIpc) is 2.49. The molecule has 3 rings (SSSR count). The zero-order valence-corrected chi connectivity index (χ0v) is 12.6. The first-order valence-electron chi connectivity index (χ1n) is 7.49. The fraction of sp³-hybridized carbons (Fsp3) is 0.333. The van der Waals surface area contributed by atoms with E-state index in [-0.39, 0.29) is 11.9 Å². The predicted octanol–water partition coefficient (Wildman–Crippen LogP) is 4.24. The molecule has 0 fully saturated rings. The highest BCUT2D eigenvalue weighted by atomic mass is 19.1. The van der Waals surface area contributed by atoms with Crippen molar-refractivity contribution >= 4 is 11.4 Å². The van der Waals surface area contributed by atoms with Gasteiger partial charge in [0.25, 0.3) is 0 Å². The van der Waals surface area contributed by atoms with Crippen LogP contribution in [-0.4, -0.2) is 6.54 Å². The van der Waals surface area contributed by atoms with Crippen LogP contribution in [0.4, 0.5) is 15.8 Å². The number of aryl methyl sites for hydroxylation is 2. The van der Waals surface area contributed by atoms with Gasteiger partial charge in [0.15, 0.2) is 0 Å². The van der Waals surface area contributed by atoms with E-state index in [1.807, 2.05) is 13.0 Å². The van der Waals surface area contributed by atoms with Crippen molar-refractivity contribution in [3.63, 3.8) is 0 Å². The third-order valence-corrected chi connectivity index (χ3v) is 4.20. The molecule has 2 nitrogen and oxygen atoms in total. The zero-order chi connectivity index (χ0) is 15.0. The second-order valence-corrected chi connectivity index (χ2v) is 5.83. The fourth-order valence-corrected chi connectivity index (χ4v) is 3.06. The zero-order valence-electron chi connectivity index (χ0n) is 12.6. The minimum atomic E-state index is -0.191. The lowest BCUT2D eigenvalue weighted by molar-refractivity contribution is 0.612. The normalized spacial score (nSPS) is 15.7. The third kappa shape index (κ3) is 2.54. The standard InChI is InChI=1S/C18H21FN2/c1-12-10-18(15(13(2)20)11-16(12)19)21-9-5-7-14-6-3-4-8-17(14)21/h3-4,6,8,10-11,13H,5,7,9,20H2,1-2H3. The molecule has 1 heterocycles. The van der Waals surface area contributed by atoms with Crippen LogP contribution in [0.15, 0.2) is 36.4 Å². The second kappa shape index (κ2) is 5.49. The van der Waals surface area contributed by atoms with E-state index in [0.717, 1.165) is 30.6 Å². The SMILES string of the molecule is Cc1cc(N2CCCc3ccccc32)c(C(C)N)cc1F. The molecule has 2 aromatic rings. The number of anilines is 2. The van der Waals surface area contributed by atoms with E-state index in [2.05, 4.69) is 29.2 Å². The van der Waals surface area contributed by atoms with Gasteiger partial charge in [-0.1, -0.05) is 18.2 Å². The van der Waals surface area contributed by atoms with Crippen molar-refractivity contribution in [3.05, 3.63) is 58.9 Å². The lowest BCUT2D eigenvalue weighted by Gasteiger charge is -2.33. The van der Waals surface area contributed by atoms with E-state index in [4.69, 9.17) is 5.73 Å². The van der Waals surface area contributed by atoms with Crippen LogP contribution in [-0.2, 0) is 6.42 Å². The van der Waals surface area contributed by atoms with Gasteiger partial charge in [0.2, 0.25) is 0 Å². The molecule has 1 aliphatic rings. The summed E-state index contributed by atoms with van der Waals surface area (Å²) in [5, 5.41) is 0. The van der Waals surface area contributed by atoms with Gasteiger partial charge in [-0.3, -0.25) is 0 Å². The first-order chi connectivity index (χ1) is 10.1. The van der Waals surface area contributed by atoms with Gasteiger partial charge in [0.05, 0.1) is 0 Å². The van der Waals surface area contributed by atoms with E-state index < -0.39 is 0 Å². The molecule has 21 heavy (non-hydrogen) atoms. The van der Waals surface area contributed by atoms with Crippen LogP contribution in [0.1, 0.15) is 36.1 Å². The molecular weight excluding hydrogens is 263 g/mol. The van der Waals surface area contributed by atoms with Crippen LogP contribution in [0.5, 0.6) is 0 Å². The van der Waals surface area contributed by atoms with Crippen molar-refractivity contribution in [2.75, 3.05) is 11.4 Å². The van der Waals surface area contributed by atoms with E-state index in [0.29, 0.717) is 5.56 Å². The molecule has 110 valence electrons. The van der Waals surface area contributed by atoms with Crippen molar-refractivity contribution in [3.8, 4) is 0 Å². The number of fused-ring (bicyclic) bond motifs is 1. The molecule has 3 heteroatoms. The van der Waals surface area contributed by atoms with Crippen LogP contribution in [0.25, 0.3) is 0 Å². The molecule has 2 N–H and O–H groups in total. The number of para-hydroxylation sites is 1.